The first kappa shape index (κ1) is 10.8. The number of hydrogen-bond acceptors (Lipinski definition) is 2. The number of rotatable bonds is 0. The molecule has 1 atom stereocenters. The summed E-state index contributed by atoms with van der Waals surface area (Å²) < 4.78 is 0. The first-order chi connectivity index (χ1) is 6.38. The lowest BCUT2D eigenvalue weighted by Gasteiger charge is -2.35. The SMILES string of the molecule is C[C@H]1C/C(=C\C#N)C(=O)N1C(C)(C)C. The third-order valence-corrected chi connectivity index (χ3v) is 2.41. The lowest BCUT2D eigenvalue weighted by molar-refractivity contribution is -0.130. The summed E-state index contributed by atoms with van der Waals surface area (Å²) in [5, 5.41) is 8.52. The number of nitriles is 1. The van der Waals surface area contributed by atoms with Gasteiger partial charge in [-0.05, 0) is 34.1 Å². The number of likely N-dealkylation sites (tertiary alicyclic amines) is 1. The van der Waals surface area contributed by atoms with E-state index in [1.807, 2.05) is 38.7 Å². The van der Waals surface area contributed by atoms with Crippen molar-refractivity contribution in [3.05, 3.63) is 11.6 Å². The number of hydrogen-bond donors (Lipinski definition) is 0. The summed E-state index contributed by atoms with van der Waals surface area (Å²) in [5.74, 6) is 0.00606. The third kappa shape index (κ3) is 1.79. The Kier molecular flexibility index (Phi) is 2.66. The monoisotopic (exact) mass is 192 g/mol. The molecule has 0 aromatic carbocycles. The fourth-order valence-corrected chi connectivity index (χ4v) is 2.02. The lowest BCUT2D eigenvalue weighted by atomic mass is 10.1. The molecule has 1 heterocycles. The molecule has 0 unspecified atom stereocenters. The van der Waals surface area contributed by atoms with Crippen LogP contribution in [0.25, 0.3) is 0 Å². The molecule has 0 saturated carbocycles. The van der Waals surface area contributed by atoms with Gasteiger partial charge in [0, 0.05) is 23.2 Å². The standard InChI is InChI=1S/C11H16N2O/c1-8-7-9(5-6-12)10(14)13(8)11(2,3)4/h5,8H,7H2,1-4H3/b9-5+/t8-/m0/s1. The van der Waals surface area contributed by atoms with Gasteiger partial charge >= 0.3 is 0 Å². The second-order valence-electron chi connectivity index (χ2n) is 4.70. The summed E-state index contributed by atoms with van der Waals surface area (Å²) >= 11 is 0. The largest absolute Gasteiger partial charge is 0.331 e. The molecular formula is C11H16N2O. The Hall–Kier alpha value is -1.30. The molecule has 3 heteroatoms. The molecule has 3 nitrogen and oxygen atoms in total. The normalized spacial score (nSPS) is 25.6. The number of allylic oxidation sites excluding steroid dienone is 1. The van der Waals surface area contributed by atoms with E-state index in [4.69, 9.17) is 5.26 Å². The van der Waals surface area contributed by atoms with Gasteiger partial charge < -0.3 is 4.90 Å². The minimum Gasteiger partial charge on any atom is -0.331 e. The molecule has 76 valence electrons. The first-order valence-electron chi connectivity index (χ1n) is 4.80. The van der Waals surface area contributed by atoms with Gasteiger partial charge in [-0.15, -0.1) is 0 Å². The van der Waals surface area contributed by atoms with Crippen LogP contribution in [0.4, 0.5) is 0 Å². The molecule has 1 rings (SSSR count). The average molecular weight is 192 g/mol. The molecule has 1 aliphatic heterocycles. The highest BCUT2D eigenvalue weighted by Crippen LogP contribution is 2.30. The van der Waals surface area contributed by atoms with E-state index in [2.05, 4.69) is 0 Å². The Labute approximate surface area is 85.0 Å². The van der Waals surface area contributed by atoms with Gasteiger partial charge in [-0.2, -0.15) is 5.26 Å². The van der Waals surface area contributed by atoms with Crippen LogP contribution in [0.5, 0.6) is 0 Å². The number of carbonyl (C=O) groups excluding carboxylic acids is 1. The van der Waals surface area contributed by atoms with Crippen molar-refractivity contribution in [2.75, 3.05) is 0 Å². The summed E-state index contributed by atoms with van der Waals surface area (Å²) in [6.45, 7) is 8.05. The molecule has 0 aliphatic carbocycles. The van der Waals surface area contributed by atoms with Crippen LogP contribution in [0.3, 0.4) is 0 Å². The first-order valence-corrected chi connectivity index (χ1v) is 4.80. The highest BCUT2D eigenvalue weighted by Gasteiger charge is 2.38. The predicted molar refractivity (Wildman–Crippen MR) is 54.4 cm³/mol. The molecule has 1 amide bonds. The van der Waals surface area contributed by atoms with Crippen LogP contribution in [0.1, 0.15) is 34.1 Å². The van der Waals surface area contributed by atoms with Crippen molar-refractivity contribution < 1.29 is 4.79 Å². The molecule has 14 heavy (non-hydrogen) atoms. The van der Waals surface area contributed by atoms with Crippen molar-refractivity contribution in [2.45, 2.75) is 45.7 Å². The average Bonchev–Trinajstić information content (AvgIpc) is 2.26. The zero-order valence-electron chi connectivity index (χ0n) is 9.16. The van der Waals surface area contributed by atoms with Gasteiger partial charge in [0.15, 0.2) is 0 Å². The van der Waals surface area contributed by atoms with E-state index >= 15 is 0 Å². The second kappa shape index (κ2) is 3.45. The fraction of sp³-hybridized carbons (Fsp3) is 0.636. The van der Waals surface area contributed by atoms with E-state index in [1.54, 1.807) is 0 Å². The highest BCUT2D eigenvalue weighted by atomic mass is 16.2. The maximum Gasteiger partial charge on any atom is 0.251 e. The molecule has 0 radical (unpaired) electrons. The highest BCUT2D eigenvalue weighted by molar-refractivity contribution is 5.97. The summed E-state index contributed by atoms with van der Waals surface area (Å²) in [6, 6.07) is 2.12. The van der Waals surface area contributed by atoms with Crippen molar-refractivity contribution in [2.24, 2.45) is 0 Å². The molecule has 0 spiro atoms. The predicted octanol–water partition coefficient (Wildman–Crippen LogP) is 1.86. The molecule has 1 saturated heterocycles. The van der Waals surface area contributed by atoms with E-state index in [0.29, 0.717) is 12.0 Å². The molecular weight excluding hydrogens is 176 g/mol. The van der Waals surface area contributed by atoms with Crippen LogP contribution in [-0.4, -0.2) is 22.4 Å². The van der Waals surface area contributed by atoms with Gasteiger partial charge in [0.25, 0.3) is 5.91 Å². The quantitative estimate of drug-likeness (QED) is 0.434. The van der Waals surface area contributed by atoms with Gasteiger partial charge in [0.2, 0.25) is 0 Å². The minimum absolute atomic E-state index is 0.00606. The maximum atomic E-state index is 11.9. The summed E-state index contributed by atoms with van der Waals surface area (Å²) in [6.07, 6.45) is 2.05. The van der Waals surface area contributed by atoms with Gasteiger partial charge in [-0.3, -0.25) is 4.79 Å². The van der Waals surface area contributed by atoms with Crippen LogP contribution in [-0.2, 0) is 4.79 Å². The van der Waals surface area contributed by atoms with Gasteiger partial charge in [0.1, 0.15) is 0 Å². The topological polar surface area (TPSA) is 44.1 Å². The third-order valence-electron chi connectivity index (χ3n) is 2.41. The van der Waals surface area contributed by atoms with E-state index in [1.165, 1.54) is 6.08 Å². The summed E-state index contributed by atoms with van der Waals surface area (Å²) in [4.78, 5) is 13.7. The van der Waals surface area contributed by atoms with Crippen LogP contribution in [0.2, 0.25) is 0 Å². The van der Waals surface area contributed by atoms with Gasteiger partial charge in [-0.25, -0.2) is 0 Å². The van der Waals surface area contributed by atoms with Crippen LogP contribution in [0, 0.1) is 11.3 Å². The maximum absolute atomic E-state index is 11.9. The Morgan fingerprint density at radius 2 is 2.14 bits per heavy atom. The van der Waals surface area contributed by atoms with Gasteiger partial charge in [-0.1, -0.05) is 0 Å². The fourth-order valence-electron chi connectivity index (χ4n) is 2.02. The number of amides is 1. The Morgan fingerprint density at radius 3 is 2.50 bits per heavy atom. The molecule has 1 fully saturated rings. The van der Waals surface area contributed by atoms with E-state index in [9.17, 15) is 4.79 Å². The summed E-state index contributed by atoms with van der Waals surface area (Å²) in [5.41, 5.74) is 0.469. The minimum atomic E-state index is -0.165. The molecule has 0 bridgehead atoms. The number of carbonyl (C=O) groups is 1. The molecule has 0 N–H and O–H groups in total. The Balaban J connectivity index is 2.99. The van der Waals surface area contributed by atoms with Crippen LogP contribution in [0.15, 0.2) is 11.6 Å². The van der Waals surface area contributed by atoms with Crippen molar-refractivity contribution in [1.29, 1.82) is 5.26 Å². The van der Waals surface area contributed by atoms with Crippen molar-refractivity contribution in [1.82, 2.24) is 4.90 Å². The van der Waals surface area contributed by atoms with Crippen molar-refractivity contribution in [3.8, 4) is 6.07 Å². The smallest absolute Gasteiger partial charge is 0.251 e. The van der Waals surface area contributed by atoms with Crippen molar-refractivity contribution >= 4 is 5.91 Å². The van der Waals surface area contributed by atoms with Gasteiger partial charge in [0.05, 0.1) is 6.07 Å². The van der Waals surface area contributed by atoms with Crippen LogP contribution >= 0.6 is 0 Å². The van der Waals surface area contributed by atoms with E-state index in [0.717, 1.165) is 0 Å². The van der Waals surface area contributed by atoms with Crippen molar-refractivity contribution in [3.63, 3.8) is 0 Å². The zero-order valence-corrected chi connectivity index (χ0v) is 9.16. The van der Waals surface area contributed by atoms with E-state index in [-0.39, 0.29) is 17.5 Å². The molecule has 0 aromatic rings. The molecule has 0 aromatic heterocycles. The van der Waals surface area contributed by atoms with Crippen LogP contribution < -0.4 is 0 Å². The zero-order chi connectivity index (χ0) is 10.9. The Morgan fingerprint density at radius 1 is 1.57 bits per heavy atom. The number of nitrogens with zero attached hydrogens (tertiary/aromatic N) is 2. The second-order valence-corrected chi connectivity index (χ2v) is 4.70. The van der Waals surface area contributed by atoms with E-state index < -0.39 is 0 Å². The lowest BCUT2D eigenvalue weighted by Crippen LogP contribution is -2.46. The Bertz CT molecular complexity index is 317. The molecule has 1 aliphatic rings. The summed E-state index contributed by atoms with van der Waals surface area (Å²) in [7, 11) is 0.